The third-order valence-corrected chi connectivity index (χ3v) is 3.14. The highest BCUT2D eigenvalue weighted by molar-refractivity contribution is 5.78. The molecule has 8 N–H and O–H groups in total. The topological polar surface area (TPSA) is 180 Å². The minimum absolute atomic E-state index is 0.0438. The van der Waals surface area contributed by atoms with Crippen LogP contribution in [0.1, 0.15) is 12.8 Å². The first-order valence-electron chi connectivity index (χ1n) is 6.74. The number of carboxylic acids is 1. The van der Waals surface area contributed by atoms with Crippen molar-refractivity contribution in [2.75, 3.05) is 20.2 Å². The Morgan fingerprint density at radius 1 is 1.05 bits per heavy atom. The summed E-state index contributed by atoms with van der Waals surface area (Å²) < 4.78 is 0. The van der Waals surface area contributed by atoms with Crippen LogP contribution in [0.15, 0.2) is 0 Å². The lowest BCUT2D eigenvalue weighted by molar-refractivity contribution is -0.139. The van der Waals surface area contributed by atoms with Crippen molar-refractivity contribution in [2.45, 2.75) is 43.3 Å². The van der Waals surface area contributed by atoms with Gasteiger partial charge in [0, 0.05) is 13.0 Å². The molecule has 0 aromatic rings. The molecule has 10 nitrogen and oxygen atoms in total. The van der Waals surface area contributed by atoms with Gasteiger partial charge in [-0.1, -0.05) is 0 Å². The smallest absolute Gasteiger partial charge is 0.320 e. The fourth-order valence-corrected chi connectivity index (χ4v) is 1.66. The van der Waals surface area contributed by atoms with Crippen LogP contribution in [0, 0.1) is 0 Å². The highest BCUT2D eigenvalue weighted by Gasteiger charge is 2.30. The molecule has 0 spiro atoms. The van der Waals surface area contributed by atoms with E-state index >= 15 is 0 Å². The van der Waals surface area contributed by atoms with Crippen LogP contribution in [0.3, 0.4) is 0 Å². The number of carbonyl (C=O) groups excluding carboxylic acids is 1. The van der Waals surface area contributed by atoms with E-state index in [1.54, 1.807) is 0 Å². The second kappa shape index (κ2) is 10.4. The first kappa shape index (κ1) is 20.7. The lowest BCUT2D eigenvalue weighted by Gasteiger charge is -2.25. The second-order valence-corrected chi connectivity index (χ2v) is 4.82. The van der Waals surface area contributed by atoms with Gasteiger partial charge in [-0.05, 0) is 13.5 Å². The van der Waals surface area contributed by atoms with Crippen molar-refractivity contribution in [3.63, 3.8) is 0 Å². The average molecular weight is 324 g/mol. The van der Waals surface area contributed by atoms with Crippen molar-refractivity contribution in [1.82, 2.24) is 10.6 Å². The molecule has 0 radical (unpaired) electrons. The van der Waals surface area contributed by atoms with Crippen molar-refractivity contribution in [3.8, 4) is 0 Å². The molecule has 0 fully saturated rings. The van der Waals surface area contributed by atoms with Gasteiger partial charge in [-0.25, -0.2) is 0 Å². The molecule has 1 amide bonds. The fourth-order valence-electron chi connectivity index (χ4n) is 1.66. The Bertz CT molecular complexity index is 354. The van der Waals surface area contributed by atoms with Crippen molar-refractivity contribution in [3.05, 3.63) is 0 Å². The summed E-state index contributed by atoms with van der Waals surface area (Å²) >= 11 is 0. The molecular formula is C12H24N2O8. The fraction of sp³-hybridized carbons (Fsp3) is 0.833. The van der Waals surface area contributed by atoms with E-state index in [1.165, 1.54) is 7.05 Å². The Balaban J connectivity index is 4.16. The molecule has 0 aliphatic carbocycles. The van der Waals surface area contributed by atoms with Gasteiger partial charge in [0.2, 0.25) is 5.91 Å². The van der Waals surface area contributed by atoms with Crippen LogP contribution in [0.2, 0.25) is 0 Å². The molecular weight excluding hydrogens is 300 g/mol. The van der Waals surface area contributed by atoms with E-state index in [1.807, 2.05) is 0 Å². The molecule has 5 atom stereocenters. The van der Waals surface area contributed by atoms with Gasteiger partial charge in [-0.15, -0.1) is 0 Å². The maximum Gasteiger partial charge on any atom is 0.320 e. The van der Waals surface area contributed by atoms with E-state index in [0.717, 1.165) is 0 Å². The summed E-state index contributed by atoms with van der Waals surface area (Å²) in [5.41, 5.74) is 0. The van der Waals surface area contributed by atoms with Gasteiger partial charge < -0.3 is 41.3 Å². The van der Waals surface area contributed by atoms with E-state index in [-0.39, 0.29) is 12.8 Å². The Morgan fingerprint density at radius 3 is 2.05 bits per heavy atom. The number of aliphatic carboxylic acids is 1. The first-order valence-corrected chi connectivity index (χ1v) is 6.74. The maximum atomic E-state index is 11.5. The van der Waals surface area contributed by atoms with Gasteiger partial charge in [0.15, 0.2) is 0 Å². The van der Waals surface area contributed by atoms with E-state index < -0.39 is 55.5 Å². The normalized spacial score (nSPS) is 18.1. The molecule has 130 valence electrons. The molecule has 0 rings (SSSR count). The van der Waals surface area contributed by atoms with Gasteiger partial charge in [0.25, 0.3) is 0 Å². The third kappa shape index (κ3) is 7.11. The lowest BCUT2D eigenvalue weighted by Crippen LogP contribution is -2.49. The molecule has 22 heavy (non-hydrogen) atoms. The molecule has 10 heteroatoms. The Kier molecular flexibility index (Phi) is 9.81. The van der Waals surface area contributed by atoms with Crippen molar-refractivity contribution in [1.29, 1.82) is 0 Å². The van der Waals surface area contributed by atoms with Gasteiger partial charge >= 0.3 is 5.97 Å². The summed E-state index contributed by atoms with van der Waals surface area (Å²) in [5, 5.41) is 59.8. The van der Waals surface area contributed by atoms with E-state index in [4.69, 9.17) is 15.3 Å². The SMILES string of the molecule is CNC(CCC(=O)NCC(O)C(O)C(O)C(O)CO)C(=O)O. The number of aliphatic hydroxyl groups is 5. The number of hydrogen-bond acceptors (Lipinski definition) is 8. The molecule has 0 aliphatic heterocycles. The number of amides is 1. The Labute approximate surface area is 127 Å². The Morgan fingerprint density at radius 2 is 1.59 bits per heavy atom. The van der Waals surface area contributed by atoms with Crippen molar-refractivity contribution in [2.24, 2.45) is 0 Å². The highest BCUT2D eigenvalue weighted by Crippen LogP contribution is 2.05. The van der Waals surface area contributed by atoms with Crippen molar-refractivity contribution < 1.29 is 40.2 Å². The minimum atomic E-state index is -1.77. The van der Waals surface area contributed by atoms with Gasteiger partial charge in [-0.2, -0.15) is 0 Å². The molecule has 0 saturated heterocycles. The van der Waals surface area contributed by atoms with Crippen LogP contribution < -0.4 is 10.6 Å². The molecule has 0 saturated carbocycles. The van der Waals surface area contributed by atoms with Crippen LogP contribution in [0.25, 0.3) is 0 Å². The van der Waals surface area contributed by atoms with Gasteiger partial charge in [0.05, 0.1) is 12.7 Å². The molecule has 0 aromatic carbocycles. The summed E-state index contributed by atoms with van der Waals surface area (Å²) in [7, 11) is 1.45. The van der Waals surface area contributed by atoms with Crippen LogP contribution >= 0.6 is 0 Å². The lowest BCUT2D eigenvalue weighted by atomic mass is 10.0. The maximum absolute atomic E-state index is 11.5. The zero-order valence-corrected chi connectivity index (χ0v) is 12.2. The standard InChI is InChI=1S/C12H24N2O8/c1-13-6(12(21)22)2-3-9(18)14-4-7(16)10(19)11(20)8(17)5-15/h6-8,10-11,13,15-17,19-20H,2-5H2,1H3,(H,14,18)(H,21,22). The van der Waals surface area contributed by atoms with Crippen LogP contribution in [0.5, 0.6) is 0 Å². The van der Waals surface area contributed by atoms with E-state index in [2.05, 4.69) is 10.6 Å². The van der Waals surface area contributed by atoms with Crippen LogP contribution in [-0.4, -0.2) is 93.2 Å². The quantitative estimate of drug-likeness (QED) is 0.188. The molecule has 5 unspecified atom stereocenters. The van der Waals surface area contributed by atoms with E-state index in [0.29, 0.717) is 0 Å². The molecule has 0 aliphatic rings. The summed E-state index contributed by atoms with van der Waals surface area (Å²) in [6.07, 6.45) is -6.76. The number of carbonyl (C=O) groups is 2. The zero-order chi connectivity index (χ0) is 17.3. The predicted octanol–water partition coefficient (Wildman–Crippen LogP) is -4.01. The number of carboxylic acid groups (broad SMARTS) is 1. The number of aliphatic hydroxyl groups excluding tert-OH is 5. The third-order valence-electron chi connectivity index (χ3n) is 3.14. The monoisotopic (exact) mass is 324 g/mol. The highest BCUT2D eigenvalue weighted by atomic mass is 16.4. The second-order valence-electron chi connectivity index (χ2n) is 4.82. The number of likely N-dealkylation sites (N-methyl/N-ethyl adjacent to an activating group) is 1. The molecule has 0 aromatic heterocycles. The van der Waals surface area contributed by atoms with E-state index in [9.17, 15) is 24.9 Å². The van der Waals surface area contributed by atoms with Crippen LogP contribution in [0.4, 0.5) is 0 Å². The number of hydrogen-bond donors (Lipinski definition) is 8. The molecule has 0 heterocycles. The Hall–Kier alpha value is -1.30. The minimum Gasteiger partial charge on any atom is -0.480 e. The number of rotatable bonds is 11. The predicted molar refractivity (Wildman–Crippen MR) is 73.8 cm³/mol. The zero-order valence-electron chi connectivity index (χ0n) is 12.2. The first-order chi connectivity index (χ1) is 10.2. The average Bonchev–Trinajstić information content (AvgIpc) is 2.50. The largest absolute Gasteiger partial charge is 0.480 e. The summed E-state index contributed by atoms with van der Waals surface area (Å²) in [4.78, 5) is 22.2. The summed E-state index contributed by atoms with van der Waals surface area (Å²) in [6, 6.07) is -0.872. The van der Waals surface area contributed by atoms with Gasteiger partial charge in [0.1, 0.15) is 24.4 Å². The number of nitrogens with one attached hydrogen (secondary N) is 2. The van der Waals surface area contributed by atoms with Gasteiger partial charge in [-0.3, -0.25) is 9.59 Å². The summed E-state index contributed by atoms with van der Waals surface area (Å²) in [6.45, 7) is -1.19. The van der Waals surface area contributed by atoms with Crippen molar-refractivity contribution >= 4 is 11.9 Å². The van der Waals surface area contributed by atoms with Crippen LogP contribution in [-0.2, 0) is 9.59 Å². The summed E-state index contributed by atoms with van der Waals surface area (Å²) in [5.74, 6) is -1.63. The molecule has 0 bridgehead atoms.